The first-order valence-electron chi connectivity index (χ1n) is 6.69. The molecule has 0 N–H and O–H groups in total. The molecule has 3 heterocycles. The summed E-state index contributed by atoms with van der Waals surface area (Å²) < 4.78 is 0. The van der Waals surface area contributed by atoms with Gasteiger partial charge in [-0.3, -0.25) is 15.0 Å². The maximum atomic E-state index is 11.2. The molecule has 1 aromatic rings. The lowest BCUT2D eigenvalue weighted by Crippen LogP contribution is -2.37. The quantitative estimate of drug-likeness (QED) is 0.470. The summed E-state index contributed by atoms with van der Waals surface area (Å²) in [6.45, 7) is 1.51. The molecule has 0 spiro atoms. The van der Waals surface area contributed by atoms with E-state index in [0.717, 1.165) is 25.9 Å². The molecule has 7 nitrogen and oxygen atoms in total. The second-order valence-corrected chi connectivity index (χ2v) is 5.74. The lowest BCUT2D eigenvalue weighted by Gasteiger charge is -2.26. The molecule has 2 aliphatic heterocycles. The zero-order valence-electron chi connectivity index (χ0n) is 11.2. The molecular formula is C12H16ClN5O2. The molecule has 2 atom stereocenters. The van der Waals surface area contributed by atoms with Gasteiger partial charge in [0, 0.05) is 25.2 Å². The number of aromatic nitrogens is 2. The normalized spacial score (nSPS) is 26.6. The van der Waals surface area contributed by atoms with E-state index in [-0.39, 0.29) is 10.8 Å². The third-order valence-corrected chi connectivity index (χ3v) is 4.67. The van der Waals surface area contributed by atoms with Gasteiger partial charge in [-0.1, -0.05) is 11.6 Å². The van der Waals surface area contributed by atoms with Gasteiger partial charge in [0.1, 0.15) is 6.33 Å². The number of nitro groups is 1. The molecule has 2 fully saturated rings. The van der Waals surface area contributed by atoms with Crippen LogP contribution in [-0.4, -0.2) is 52.0 Å². The minimum atomic E-state index is -0.496. The molecule has 20 heavy (non-hydrogen) atoms. The van der Waals surface area contributed by atoms with Crippen LogP contribution in [0.4, 0.5) is 11.5 Å². The molecule has 0 radical (unpaired) electrons. The highest BCUT2D eigenvalue weighted by Crippen LogP contribution is 2.35. The summed E-state index contributed by atoms with van der Waals surface area (Å²) in [5, 5.41) is 11.1. The van der Waals surface area contributed by atoms with Gasteiger partial charge >= 0.3 is 5.69 Å². The Labute approximate surface area is 121 Å². The van der Waals surface area contributed by atoms with Crippen molar-refractivity contribution in [1.29, 1.82) is 0 Å². The van der Waals surface area contributed by atoms with Crippen molar-refractivity contribution in [1.82, 2.24) is 14.9 Å². The smallest absolute Gasteiger partial charge is 0.348 e. The summed E-state index contributed by atoms with van der Waals surface area (Å²) >= 11 is 5.86. The van der Waals surface area contributed by atoms with Gasteiger partial charge in [0.25, 0.3) is 0 Å². The first-order chi connectivity index (χ1) is 9.58. The van der Waals surface area contributed by atoms with Crippen molar-refractivity contribution < 1.29 is 4.92 Å². The molecular weight excluding hydrogens is 282 g/mol. The van der Waals surface area contributed by atoms with Crippen molar-refractivity contribution in [2.24, 2.45) is 0 Å². The predicted octanol–water partition coefficient (Wildman–Crippen LogP) is 1.71. The summed E-state index contributed by atoms with van der Waals surface area (Å²) in [5.74, 6) is 0.343. The largest absolute Gasteiger partial charge is 0.349 e. The third kappa shape index (κ3) is 2.20. The number of anilines is 1. The van der Waals surface area contributed by atoms with E-state index in [1.54, 1.807) is 0 Å². The molecule has 108 valence electrons. The van der Waals surface area contributed by atoms with E-state index in [4.69, 9.17) is 11.6 Å². The molecule has 0 saturated carbocycles. The van der Waals surface area contributed by atoms with Crippen LogP contribution in [0, 0.1) is 10.1 Å². The summed E-state index contributed by atoms with van der Waals surface area (Å²) in [6.07, 6.45) is 4.62. The number of nitrogens with zero attached hydrogens (tertiary/aromatic N) is 5. The molecule has 8 heteroatoms. The molecule has 2 saturated heterocycles. The molecule has 2 aliphatic rings. The summed E-state index contributed by atoms with van der Waals surface area (Å²) in [7, 11) is 2.13. The maximum absolute atomic E-state index is 11.2. The first kappa shape index (κ1) is 13.5. The monoisotopic (exact) mass is 297 g/mol. The van der Waals surface area contributed by atoms with Crippen LogP contribution in [0.3, 0.4) is 0 Å². The van der Waals surface area contributed by atoms with Gasteiger partial charge in [0.15, 0.2) is 0 Å². The Bertz CT molecular complexity index is 541. The van der Waals surface area contributed by atoms with Crippen molar-refractivity contribution in [3.8, 4) is 0 Å². The Morgan fingerprint density at radius 1 is 1.35 bits per heavy atom. The molecule has 2 unspecified atom stereocenters. The molecule has 2 bridgehead atoms. The van der Waals surface area contributed by atoms with Crippen molar-refractivity contribution in [2.45, 2.75) is 31.3 Å². The Hall–Kier alpha value is -1.47. The SMILES string of the molecule is CN1C2CCC1CN(c1ncnc(Cl)c1[N+](=O)[O-])CC2. The Morgan fingerprint density at radius 2 is 2.10 bits per heavy atom. The maximum Gasteiger partial charge on any atom is 0.348 e. The van der Waals surface area contributed by atoms with E-state index in [9.17, 15) is 10.1 Å². The van der Waals surface area contributed by atoms with Crippen molar-refractivity contribution >= 4 is 23.1 Å². The Balaban J connectivity index is 1.94. The van der Waals surface area contributed by atoms with Gasteiger partial charge in [-0.2, -0.15) is 0 Å². The van der Waals surface area contributed by atoms with Gasteiger partial charge in [0.05, 0.1) is 4.92 Å². The van der Waals surface area contributed by atoms with Crippen LogP contribution < -0.4 is 4.90 Å². The number of hydrogen-bond donors (Lipinski definition) is 0. The van der Waals surface area contributed by atoms with Gasteiger partial charge in [-0.25, -0.2) is 9.97 Å². The van der Waals surface area contributed by atoms with Gasteiger partial charge < -0.3 is 4.90 Å². The van der Waals surface area contributed by atoms with E-state index >= 15 is 0 Å². The molecule has 0 amide bonds. The average Bonchev–Trinajstić information content (AvgIpc) is 2.62. The second kappa shape index (κ2) is 5.14. The number of halogens is 1. The minimum absolute atomic E-state index is 0.0947. The Morgan fingerprint density at radius 3 is 2.85 bits per heavy atom. The van der Waals surface area contributed by atoms with Gasteiger partial charge in [-0.05, 0) is 26.3 Å². The number of rotatable bonds is 2. The minimum Gasteiger partial charge on any atom is -0.349 e. The molecule has 3 rings (SSSR count). The first-order valence-corrected chi connectivity index (χ1v) is 7.07. The zero-order chi connectivity index (χ0) is 14.3. The highest BCUT2D eigenvalue weighted by molar-refractivity contribution is 6.31. The summed E-state index contributed by atoms with van der Waals surface area (Å²) in [5.41, 5.74) is -0.186. The highest BCUT2D eigenvalue weighted by atomic mass is 35.5. The van der Waals surface area contributed by atoms with Crippen LogP contribution in [0.5, 0.6) is 0 Å². The van der Waals surface area contributed by atoms with Crippen molar-refractivity contribution in [3.05, 3.63) is 21.6 Å². The molecule has 0 aromatic carbocycles. The fraction of sp³-hybridized carbons (Fsp3) is 0.667. The second-order valence-electron chi connectivity index (χ2n) is 5.38. The topological polar surface area (TPSA) is 75.4 Å². The van der Waals surface area contributed by atoms with E-state index in [1.165, 1.54) is 12.7 Å². The van der Waals surface area contributed by atoms with Crippen molar-refractivity contribution in [2.75, 3.05) is 25.0 Å². The van der Waals surface area contributed by atoms with E-state index in [1.807, 2.05) is 4.90 Å². The van der Waals surface area contributed by atoms with Crippen LogP contribution in [0.1, 0.15) is 19.3 Å². The van der Waals surface area contributed by atoms with Crippen LogP contribution in [0.25, 0.3) is 0 Å². The van der Waals surface area contributed by atoms with E-state index in [0.29, 0.717) is 17.9 Å². The fourth-order valence-corrected chi connectivity index (χ4v) is 3.44. The van der Waals surface area contributed by atoms with Crippen LogP contribution in [-0.2, 0) is 0 Å². The Kier molecular flexibility index (Phi) is 3.47. The van der Waals surface area contributed by atoms with Crippen LogP contribution in [0.2, 0.25) is 5.15 Å². The van der Waals surface area contributed by atoms with Crippen LogP contribution in [0.15, 0.2) is 6.33 Å². The number of fused-ring (bicyclic) bond motifs is 2. The highest BCUT2D eigenvalue weighted by Gasteiger charge is 2.37. The lowest BCUT2D eigenvalue weighted by molar-refractivity contribution is -0.384. The zero-order valence-corrected chi connectivity index (χ0v) is 12.0. The summed E-state index contributed by atoms with van der Waals surface area (Å²) in [4.78, 5) is 22.9. The van der Waals surface area contributed by atoms with Crippen molar-refractivity contribution in [3.63, 3.8) is 0 Å². The fourth-order valence-electron chi connectivity index (χ4n) is 3.24. The number of likely N-dealkylation sites (N-methyl/N-ethyl adjacent to an activating group) is 1. The number of hydrogen-bond acceptors (Lipinski definition) is 6. The van der Waals surface area contributed by atoms with E-state index < -0.39 is 4.92 Å². The van der Waals surface area contributed by atoms with Gasteiger partial charge in [0.2, 0.25) is 11.0 Å². The average molecular weight is 298 g/mol. The lowest BCUT2D eigenvalue weighted by atomic mass is 10.1. The predicted molar refractivity (Wildman–Crippen MR) is 75.1 cm³/mol. The van der Waals surface area contributed by atoms with E-state index in [2.05, 4.69) is 21.9 Å². The summed E-state index contributed by atoms with van der Waals surface area (Å²) in [6, 6.07) is 0.997. The van der Waals surface area contributed by atoms with Crippen LogP contribution >= 0.6 is 11.6 Å². The standard InChI is InChI=1S/C12H16ClN5O2/c1-16-8-2-3-9(16)6-17(5-4-8)12-10(18(19)20)11(13)14-7-15-12/h7-9H,2-6H2,1H3. The molecule has 1 aromatic heterocycles. The third-order valence-electron chi connectivity index (χ3n) is 4.39. The van der Waals surface area contributed by atoms with Gasteiger partial charge in [-0.15, -0.1) is 0 Å². The molecule has 0 aliphatic carbocycles.